The van der Waals surface area contributed by atoms with Crippen LogP contribution in [0.5, 0.6) is 0 Å². The maximum atomic E-state index is 13.4. The normalized spacial score (nSPS) is 29.4. The summed E-state index contributed by atoms with van der Waals surface area (Å²) < 4.78 is 52.7. The van der Waals surface area contributed by atoms with Crippen LogP contribution in [0.1, 0.15) is 25.7 Å². The Morgan fingerprint density at radius 3 is 2.54 bits per heavy atom. The fraction of sp³-hybridized carbons (Fsp3) is 0.667. The number of rotatable bonds is 5. The molecule has 1 saturated carbocycles. The molecule has 0 amide bonds. The summed E-state index contributed by atoms with van der Waals surface area (Å²) in [5.41, 5.74) is 0.791. The Bertz CT molecular complexity index is 919. The quantitative estimate of drug-likeness (QED) is 0.813. The molecular formula is C18H25F2N5O2S. The van der Waals surface area contributed by atoms with Crippen molar-refractivity contribution in [1.29, 1.82) is 0 Å². The van der Waals surface area contributed by atoms with Gasteiger partial charge in [0.05, 0.1) is 11.1 Å². The number of nitrogens with one attached hydrogen (secondary N) is 1. The summed E-state index contributed by atoms with van der Waals surface area (Å²) in [6, 6.07) is 2.22. The van der Waals surface area contributed by atoms with Gasteiger partial charge in [-0.3, -0.25) is 0 Å². The largest absolute Gasteiger partial charge is 0.356 e. The predicted octanol–water partition coefficient (Wildman–Crippen LogP) is 2.27. The minimum atomic E-state index is -3.62. The SMILES string of the molecule is CN(c1ncnc2[nH]ccc12)C1CCC(CS(=O)(=O)N2C[C@@H](F)[C@H](F)C2)CC1. The molecule has 2 atom stereocenters. The van der Waals surface area contributed by atoms with Crippen LogP contribution in [-0.4, -0.2) is 72.0 Å². The summed E-state index contributed by atoms with van der Waals surface area (Å²) in [7, 11) is -1.62. The Morgan fingerprint density at radius 2 is 1.86 bits per heavy atom. The zero-order valence-electron chi connectivity index (χ0n) is 15.8. The summed E-state index contributed by atoms with van der Waals surface area (Å²) in [5, 5.41) is 0.963. The topological polar surface area (TPSA) is 82.2 Å². The first kappa shape index (κ1) is 19.5. The molecule has 2 aromatic heterocycles. The van der Waals surface area contributed by atoms with Crippen LogP contribution in [0.2, 0.25) is 0 Å². The van der Waals surface area contributed by atoms with Gasteiger partial charge in [0.25, 0.3) is 0 Å². The van der Waals surface area contributed by atoms with Crippen LogP contribution in [0.15, 0.2) is 18.6 Å². The van der Waals surface area contributed by atoms with Crippen LogP contribution in [0.4, 0.5) is 14.6 Å². The molecule has 2 fully saturated rings. The van der Waals surface area contributed by atoms with E-state index in [0.717, 1.165) is 46.8 Å². The lowest BCUT2D eigenvalue weighted by Crippen LogP contribution is -2.39. The van der Waals surface area contributed by atoms with Crippen LogP contribution in [0.25, 0.3) is 11.0 Å². The highest BCUT2D eigenvalue weighted by molar-refractivity contribution is 7.89. The Hall–Kier alpha value is -1.81. The number of hydrogen-bond acceptors (Lipinski definition) is 5. The first-order chi connectivity index (χ1) is 13.3. The molecule has 0 unspecified atom stereocenters. The molecule has 1 N–H and O–H groups in total. The van der Waals surface area contributed by atoms with Crippen molar-refractivity contribution >= 4 is 26.9 Å². The molecule has 2 aromatic rings. The first-order valence-electron chi connectivity index (χ1n) is 9.62. The third-order valence-corrected chi connectivity index (χ3v) is 8.00. The Balaban J connectivity index is 1.36. The summed E-state index contributed by atoms with van der Waals surface area (Å²) in [6.07, 6.45) is 3.18. The molecule has 154 valence electrons. The van der Waals surface area contributed by atoms with E-state index in [1.54, 1.807) is 0 Å². The zero-order chi connectivity index (χ0) is 19.9. The van der Waals surface area contributed by atoms with Gasteiger partial charge in [-0.15, -0.1) is 0 Å². The molecule has 10 heteroatoms. The van der Waals surface area contributed by atoms with E-state index in [4.69, 9.17) is 0 Å². The van der Waals surface area contributed by atoms with Gasteiger partial charge in [0.2, 0.25) is 10.0 Å². The molecule has 7 nitrogen and oxygen atoms in total. The molecule has 0 aromatic carbocycles. The van der Waals surface area contributed by atoms with Crippen molar-refractivity contribution in [3.8, 4) is 0 Å². The van der Waals surface area contributed by atoms with E-state index in [1.165, 1.54) is 6.33 Å². The van der Waals surface area contributed by atoms with Crippen molar-refractivity contribution in [3.05, 3.63) is 18.6 Å². The number of nitrogens with zero attached hydrogens (tertiary/aromatic N) is 4. The van der Waals surface area contributed by atoms with Crippen LogP contribution in [0, 0.1) is 5.92 Å². The maximum absolute atomic E-state index is 13.4. The molecule has 4 rings (SSSR count). The second-order valence-electron chi connectivity index (χ2n) is 7.85. The number of fused-ring (bicyclic) bond motifs is 1. The molecule has 1 aliphatic heterocycles. The van der Waals surface area contributed by atoms with Crippen molar-refractivity contribution in [2.75, 3.05) is 30.8 Å². The van der Waals surface area contributed by atoms with Crippen LogP contribution in [-0.2, 0) is 10.0 Å². The summed E-state index contributed by atoms with van der Waals surface area (Å²) in [4.78, 5) is 13.9. The lowest BCUT2D eigenvalue weighted by atomic mass is 9.86. The molecule has 0 radical (unpaired) electrons. The highest BCUT2D eigenvalue weighted by atomic mass is 32.2. The van der Waals surface area contributed by atoms with Gasteiger partial charge in [-0.1, -0.05) is 0 Å². The van der Waals surface area contributed by atoms with Gasteiger partial charge in [0.1, 0.15) is 30.1 Å². The van der Waals surface area contributed by atoms with Crippen molar-refractivity contribution < 1.29 is 17.2 Å². The van der Waals surface area contributed by atoms with Gasteiger partial charge >= 0.3 is 0 Å². The zero-order valence-corrected chi connectivity index (χ0v) is 16.6. The van der Waals surface area contributed by atoms with Crippen molar-refractivity contribution in [2.45, 2.75) is 44.1 Å². The molecule has 0 bridgehead atoms. The molecular weight excluding hydrogens is 388 g/mol. The summed E-state index contributed by atoms with van der Waals surface area (Å²) in [6.45, 7) is -0.718. The minimum absolute atomic E-state index is 0.0176. The highest BCUT2D eigenvalue weighted by Gasteiger charge is 2.40. The average Bonchev–Trinajstić information content (AvgIpc) is 3.28. The number of alkyl halides is 2. The van der Waals surface area contributed by atoms with E-state index in [2.05, 4.69) is 19.9 Å². The van der Waals surface area contributed by atoms with Crippen molar-refractivity contribution in [1.82, 2.24) is 19.3 Å². The number of hydrogen-bond donors (Lipinski definition) is 1. The van der Waals surface area contributed by atoms with Crippen molar-refractivity contribution in [3.63, 3.8) is 0 Å². The second kappa shape index (κ2) is 7.55. The van der Waals surface area contributed by atoms with Crippen LogP contribution < -0.4 is 4.90 Å². The van der Waals surface area contributed by atoms with Crippen LogP contribution in [0.3, 0.4) is 0 Å². The van der Waals surface area contributed by atoms with E-state index >= 15 is 0 Å². The van der Waals surface area contributed by atoms with Gasteiger partial charge < -0.3 is 9.88 Å². The monoisotopic (exact) mass is 413 g/mol. The molecule has 0 spiro atoms. The van der Waals surface area contributed by atoms with E-state index < -0.39 is 22.4 Å². The van der Waals surface area contributed by atoms with E-state index in [9.17, 15) is 17.2 Å². The fourth-order valence-electron chi connectivity index (χ4n) is 4.33. The Labute approximate surface area is 163 Å². The smallest absolute Gasteiger partial charge is 0.214 e. The predicted molar refractivity (Wildman–Crippen MR) is 103 cm³/mol. The molecule has 1 saturated heterocycles. The van der Waals surface area contributed by atoms with Gasteiger partial charge in [0, 0.05) is 32.4 Å². The highest BCUT2D eigenvalue weighted by Crippen LogP contribution is 2.33. The third kappa shape index (κ3) is 3.71. The van der Waals surface area contributed by atoms with Crippen LogP contribution >= 0.6 is 0 Å². The first-order valence-corrected chi connectivity index (χ1v) is 11.2. The van der Waals surface area contributed by atoms with Crippen molar-refractivity contribution in [2.24, 2.45) is 5.92 Å². The Morgan fingerprint density at radius 1 is 1.18 bits per heavy atom. The molecule has 28 heavy (non-hydrogen) atoms. The lowest BCUT2D eigenvalue weighted by Gasteiger charge is -2.35. The number of aromatic nitrogens is 3. The van der Waals surface area contributed by atoms with Gasteiger partial charge in [-0.05, 0) is 37.7 Å². The Kier molecular flexibility index (Phi) is 5.26. The van der Waals surface area contributed by atoms with E-state index in [-0.39, 0.29) is 30.8 Å². The number of halogens is 2. The number of H-pyrrole nitrogens is 1. The van der Waals surface area contributed by atoms with E-state index in [1.807, 2.05) is 19.3 Å². The standard InChI is InChI=1S/C18H25F2N5O2S/c1-24(18-14-6-7-21-17(14)22-11-23-18)13-4-2-12(3-5-13)10-28(26,27)25-8-15(19)16(20)9-25/h6-7,11-13,15-16H,2-5,8-10H2,1H3,(H,21,22,23)/t12?,13?,15-,16-/m1/s1. The van der Waals surface area contributed by atoms with Gasteiger partial charge in [0.15, 0.2) is 0 Å². The third-order valence-electron chi connectivity index (χ3n) is 6.02. The summed E-state index contributed by atoms with van der Waals surface area (Å²) >= 11 is 0. The molecule has 1 aliphatic carbocycles. The van der Waals surface area contributed by atoms with Gasteiger partial charge in [-0.25, -0.2) is 27.2 Å². The molecule has 2 aliphatic rings. The maximum Gasteiger partial charge on any atom is 0.214 e. The minimum Gasteiger partial charge on any atom is -0.356 e. The lowest BCUT2D eigenvalue weighted by molar-refractivity contribution is 0.217. The van der Waals surface area contributed by atoms with Gasteiger partial charge in [-0.2, -0.15) is 4.31 Å². The number of aromatic amines is 1. The number of sulfonamides is 1. The second-order valence-corrected chi connectivity index (χ2v) is 9.86. The fourth-order valence-corrected chi connectivity index (χ4v) is 6.21. The number of anilines is 1. The summed E-state index contributed by atoms with van der Waals surface area (Å²) in [5.74, 6) is 0.852. The average molecular weight is 413 g/mol. The van der Waals surface area contributed by atoms with E-state index in [0.29, 0.717) is 0 Å². The molecule has 3 heterocycles.